The van der Waals surface area contributed by atoms with Crippen molar-refractivity contribution in [2.24, 2.45) is 0 Å². The monoisotopic (exact) mass is 334 g/mol. The fourth-order valence-corrected chi connectivity index (χ4v) is 2.69. The van der Waals surface area contributed by atoms with Crippen LogP contribution in [0.25, 0.3) is 0 Å². The Bertz CT molecular complexity index is 899. The molecule has 1 aliphatic heterocycles. The zero-order valence-electron chi connectivity index (χ0n) is 14.1. The van der Waals surface area contributed by atoms with Crippen molar-refractivity contribution in [3.05, 3.63) is 60.4 Å². The zero-order chi connectivity index (χ0) is 17.2. The summed E-state index contributed by atoms with van der Waals surface area (Å²) in [6, 6.07) is 17.7. The highest BCUT2D eigenvalue weighted by molar-refractivity contribution is 5.66. The van der Waals surface area contributed by atoms with Gasteiger partial charge in [0.05, 0.1) is 0 Å². The SMILES string of the molecule is Cc1nc(Nc2ccc3c(c2)OCO3)cc(N(C)c2ccccc2)n1. The number of rotatable bonds is 4. The van der Waals surface area contributed by atoms with Gasteiger partial charge in [0.15, 0.2) is 11.5 Å². The van der Waals surface area contributed by atoms with E-state index in [1.54, 1.807) is 0 Å². The van der Waals surface area contributed by atoms with Crippen molar-refractivity contribution in [2.75, 3.05) is 24.1 Å². The van der Waals surface area contributed by atoms with Gasteiger partial charge in [-0.15, -0.1) is 0 Å². The molecule has 2 heterocycles. The molecule has 0 spiro atoms. The second-order valence-corrected chi connectivity index (χ2v) is 5.75. The summed E-state index contributed by atoms with van der Waals surface area (Å²) < 4.78 is 10.8. The van der Waals surface area contributed by atoms with Gasteiger partial charge in [-0.05, 0) is 31.2 Å². The number of nitrogens with zero attached hydrogens (tertiary/aromatic N) is 3. The number of ether oxygens (including phenoxy) is 2. The van der Waals surface area contributed by atoms with Crippen LogP contribution < -0.4 is 19.7 Å². The highest BCUT2D eigenvalue weighted by Gasteiger charge is 2.14. The van der Waals surface area contributed by atoms with E-state index in [1.165, 1.54) is 0 Å². The van der Waals surface area contributed by atoms with E-state index in [4.69, 9.17) is 9.47 Å². The van der Waals surface area contributed by atoms with Crippen LogP contribution in [-0.4, -0.2) is 23.8 Å². The molecule has 6 heteroatoms. The van der Waals surface area contributed by atoms with Gasteiger partial charge in [0.2, 0.25) is 6.79 Å². The number of para-hydroxylation sites is 1. The number of aromatic nitrogens is 2. The Kier molecular flexibility index (Phi) is 3.85. The summed E-state index contributed by atoms with van der Waals surface area (Å²) in [6.45, 7) is 2.14. The van der Waals surface area contributed by atoms with Crippen molar-refractivity contribution < 1.29 is 9.47 Å². The predicted octanol–water partition coefficient (Wildman–Crippen LogP) is 4.03. The lowest BCUT2D eigenvalue weighted by Gasteiger charge is -2.19. The molecule has 25 heavy (non-hydrogen) atoms. The van der Waals surface area contributed by atoms with E-state index in [0.717, 1.165) is 34.5 Å². The lowest BCUT2D eigenvalue weighted by Crippen LogP contribution is -2.12. The van der Waals surface area contributed by atoms with E-state index in [-0.39, 0.29) is 6.79 Å². The summed E-state index contributed by atoms with van der Waals surface area (Å²) >= 11 is 0. The molecule has 0 unspecified atom stereocenters. The van der Waals surface area contributed by atoms with Gasteiger partial charge in [-0.25, -0.2) is 9.97 Å². The second kappa shape index (κ2) is 6.32. The molecule has 0 fully saturated rings. The number of benzene rings is 2. The molecule has 0 aliphatic carbocycles. The molecule has 0 saturated carbocycles. The van der Waals surface area contributed by atoms with Crippen LogP contribution in [0.4, 0.5) is 23.0 Å². The van der Waals surface area contributed by atoms with Crippen LogP contribution in [0.2, 0.25) is 0 Å². The number of fused-ring (bicyclic) bond motifs is 1. The molecule has 0 saturated heterocycles. The predicted molar refractivity (Wildman–Crippen MR) is 97.1 cm³/mol. The second-order valence-electron chi connectivity index (χ2n) is 5.75. The zero-order valence-corrected chi connectivity index (χ0v) is 14.1. The average molecular weight is 334 g/mol. The minimum Gasteiger partial charge on any atom is -0.454 e. The van der Waals surface area contributed by atoms with E-state index >= 15 is 0 Å². The van der Waals surface area contributed by atoms with Crippen LogP contribution in [0, 0.1) is 6.92 Å². The van der Waals surface area contributed by atoms with Crippen molar-refractivity contribution in [1.82, 2.24) is 9.97 Å². The maximum absolute atomic E-state index is 5.42. The Morgan fingerprint density at radius 2 is 1.76 bits per heavy atom. The number of aryl methyl sites for hydroxylation is 1. The Hall–Kier alpha value is -3.28. The Morgan fingerprint density at radius 1 is 0.960 bits per heavy atom. The van der Waals surface area contributed by atoms with Gasteiger partial charge in [0.25, 0.3) is 0 Å². The van der Waals surface area contributed by atoms with Crippen LogP contribution in [-0.2, 0) is 0 Å². The fourth-order valence-electron chi connectivity index (χ4n) is 2.69. The van der Waals surface area contributed by atoms with Crippen LogP contribution >= 0.6 is 0 Å². The van der Waals surface area contributed by atoms with Crippen molar-refractivity contribution >= 4 is 23.0 Å². The van der Waals surface area contributed by atoms with Crippen molar-refractivity contribution in [3.8, 4) is 11.5 Å². The first kappa shape index (κ1) is 15.3. The first-order valence-electron chi connectivity index (χ1n) is 8.00. The standard InChI is InChI=1S/C19H18N4O2/c1-13-20-18(22-14-8-9-16-17(10-14)25-12-24-16)11-19(21-13)23(2)15-6-4-3-5-7-15/h3-11H,12H2,1-2H3,(H,20,21,22). The minimum atomic E-state index is 0.261. The summed E-state index contributed by atoms with van der Waals surface area (Å²) in [5, 5.41) is 3.31. The molecular weight excluding hydrogens is 316 g/mol. The van der Waals surface area contributed by atoms with Gasteiger partial charge in [0, 0.05) is 30.6 Å². The van der Waals surface area contributed by atoms with E-state index in [0.29, 0.717) is 5.82 Å². The third-order valence-corrected chi connectivity index (χ3v) is 3.96. The van der Waals surface area contributed by atoms with E-state index < -0.39 is 0 Å². The van der Waals surface area contributed by atoms with Crippen LogP contribution in [0.5, 0.6) is 11.5 Å². The first-order valence-corrected chi connectivity index (χ1v) is 8.00. The summed E-state index contributed by atoms with van der Waals surface area (Å²) in [4.78, 5) is 11.0. The van der Waals surface area contributed by atoms with E-state index in [9.17, 15) is 0 Å². The quantitative estimate of drug-likeness (QED) is 0.777. The molecule has 6 nitrogen and oxygen atoms in total. The topological polar surface area (TPSA) is 59.5 Å². The summed E-state index contributed by atoms with van der Waals surface area (Å²) in [7, 11) is 1.99. The fraction of sp³-hybridized carbons (Fsp3) is 0.158. The summed E-state index contributed by atoms with van der Waals surface area (Å²) in [5.74, 6) is 3.74. The van der Waals surface area contributed by atoms with Crippen LogP contribution in [0.1, 0.15) is 5.82 Å². The lowest BCUT2D eigenvalue weighted by molar-refractivity contribution is 0.174. The molecular formula is C19H18N4O2. The normalized spacial score (nSPS) is 12.1. The summed E-state index contributed by atoms with van der Waals surface area (Å²) in [5.41, 5.74) is 1.95. The number of hydrogen-bond acceptors (Lipinski definition) is 6. The van der Waals surface area contributed by atoms with Gasteiger partial charge < -0.3 is 19.7 Å². The molecule has 1 N–H and O–H groups in total. The van der Waals surface area contributed by atoms with Crippen molar-refractivity contribution in [1.29, 1.82) is 0 Å². The minimum absolute atomic E-state index is 0.261. The smallest absolute Gasteiger partial charge is 0.231 e. The lowest BCUT2D eigenvalue weighted by atomic mass is 10.2. The number of hydrogen-bond donors (Lipinski definition) is 1. The molecule has 0 radical (unpaired) electrons. The maximum atomic E-state index is 5.42. The molecule has 2 aromatic carbocycles. The molecule has 1 aromatic heterocycles. The number of anilines is 4. The third kappa shape index (κ3) is 3.19. The Morgan fingerprint density at radius 3 is 2.60 bits per heavy atom. The molecule has 0 amide bonds. The largest absolute Gasteiger partial charge is 0.454 e. The maximum Gasteiger partial charge on any atom is 0.231 e. The van der Waals surface area contributed by atoms with Crippen LogP contribution in [0.3, 0.4) is 0 Å². The van der Waals surface area contributed by atoms with Gasteiger partial charge in [0.1, 0.15) is 17.5 Å². The molecule has 3 aromatic rings. The Balaban J connectivity index is 1.61. The summed E-state index contributed by atoms with van der Waals surface area (Å²) in [6.07, 6.45) is 0. The average Bonchev–Trinajstić information content (AvgIpc) is 3.09. The molecule has 4 rings (SSSR count). The molecule has 0 atom stereocenters. The molecule has 0 bridgehead atoms. The van der Waals surface area contributed by atoms with Crippen molar-refractivity contribution in [3.63, 3.8) is 0 Å². The Labute approximate surface area is 146 Å². The highest BCUT2D eigenvalue weighted by Crippen LogP contribution is 2.35. The van der Waals surface area contributed by atoms with Gasteiger partial charge >= 0.3 is 0 Å². The van der Waals surface area contributed by atoms with E-state index in [1.807, 2.05) is 73.5 Å². The van der Waals surface area contributed by atoms with E-state index in [2.05, 4.69) is 15.3 Å². The third-order valence-electron chi connectivity index (χ3n) is 3.96. The molecule has 126 valence electrons. The van der Waals surface area contributed by atoms with Gasteiger partial charge in [-0.2, -0.15) is 0 Å². The van der Waals surface area contributed by atoms with Gasteiger partial charge in [-0.3, -0.25) is 0 Å². The van der Waals surface area contributed by atoms with Crippen LogP contribution in [0.15, 0.2) is 54.6 Å². The highest BCUT2D eigenvalue weighted by atomic mass is 16.7. The van der Waals surface area contributed by atoms with Crippen molar-refractivity contribution in [2.45, 2.75) is 6.92 Å². The van der Waals surface area contributed by atoms with Gasteiger partial charge in [-0.1, -0.05) is 18.2 Å². The molecule has 1 aliphatic rings. The first-order chi connectivity index (χ1) is 12.2. The number of nitrogens with one attached hydrogen (secondary N) is 1.